The fourth-order valence-corrected chi connectivity index (χ4v) is 5.62. The molecule has 0 aromatic carbocycles. The van der Waals surface area contributed by atoms with Gasteiger partial charge in [-0.3, -0.25) is 9.30 Å². The number of esters is 2. The van der Waals surface area contributed by atoms with E-state index in [1.54, 1.807) is 6.92 Å². The molecule has 9 nitrogen and oxygen atoms in total. The van der Waals surface area contributed by atoms with Crippen molar-refractivity contribution in [2.75, 3.05) is 13.2 Å². The Bertz CT molecular complexity index is 839. The Morgan fingerprint density at radius 3 is 1.38 bits per heavy atom. The van der Waals surface area contributed by atoms with Gasteiger partial charge in [-0.2, -0.15) is 0 Å². The fraction of sp³-hybridized carbons (Fsp3) is 0.838. The molecule has 0 heterocycles. The first-order valence-electron chi connectivity index (χ1n) is 18.3. The zero-order valence-electron chi connectivity index (χ0n) is 30.4. The first-order valence-corrected chi connectivity index (χ1v) is 19.2. The lowest BCUT2D eigenvalue weighted by atomic mass is 10.1. The van der Waals surface area contributed by atoms with Crippen LogP contribution in [-0.4, -0.2) is 49.0 Å². The topological polar surface area (TPSA) is 107 Å². The van der Waals surface area contributed by atoms with Gasteiger partial charge in [0.15, 0.2) is 0 Å². The van der Waals surface area contributed by atoms with Crippen molar-refractivity contribution in [3.63, 3.8) is 0 Å². The van der Waals surface area contributed by atoms with Crippen LogP contribution >= 0.6 is 8.46 Å². The number of ether oxygens (including phenoxy) is 6. The molecule has 0 aromatic rings. The van der Waals surface area contributed by atoms with Crippen molar-refractivity contribution in [2.45, 2.75) is 187 Å². The van der Waals surface area contributed by atoms with E-state index in [4.69, 9.17) is 28.4 Å². The minimum atomic E-state index is -2.06. The van der Waals surface area contributed by atoms with Crippen molar-refractivity contribution in [3.05, 3.63) is 25.3 Å². The molecular weight excluding hydrogens is 619 g/mol. The third kappa shape index (κ3) is 20.5. The van der Waals surface area contributed by atoms with E-state index in [0.717, 1.165) is 115 Å². The monoisotopic (exact) mass is 686 g/mol. The lowest BCUT2D eigenvalue weighted by Crippen LogP contribution is -2.59. The second-order valence-electron chi connectivity index (χ2n) is 12.2. The van der Waals surface area contributed by atoms with Crippen LogP contribution in [0.15, 0.2) is 25.3 Å². The third-order valence-corrected chi connectivity index (χ3v) is 8.81. The van der Waals surface area contributed by atoms with Crippen molar-refractivity contribution in [1.29, 1.82) is 0 Å². The van der Waals surface area contributed by atoms with Crippen molar-refractivity contribution in [3.8, 4) is 0 Å². The molecule has 10 heteroatoms. The molecule has 0 N–H and O–H groups in total. The minimum absolute atomic E-state index is 0.198. The fourth-order valence-electron chi connectivity index (χ4n) is 5.03. The SMILES string of the molecule is C=CC(=O)OC(CCCCCC)OC(C)(OCCCCCCC)C(OCCCCCCC)(OC(CCCCCC)OC(=O)C=C)P=O. The molecule has 0 aromatic heterocycles. The largest absolute Gasteiger partial charge is 0.432 e. The van der Waals surface area contributed by atoms with Gasteiger partial charge in [-0.15, -0.1) is 0 Å². The highest BCUT2D eigenvalue weighted by Gasteiger charge is 2.58. The number of hydrogen-bond donors (Lipinski definition) is 0. The highest BCUT2D eigenvalue weighted by molar-refractivity contribution is 7.25. The van der Waals surface area contributed by atoms with Gasteiger partial charge in [0.2, 0.25) is 26.8 Å². The smallest absolute Gasteiger partial charge is 0.332 e. The van der Waals surface area contributed by atoms with E-state index < -0.39 is 44.3 Å². The molecule has 0 radical (unpaired) electrons. The molecule has 274 valence electrons. The number of carbonyl (C=O) groups excluding carboxylic acids is 2. The second-order valence-corrected chi connectivity index (χ2v) is 13.0. The third-order valence-electron chi connectivity index (χ3n) is 7.93. The second kappa shape index (κ2) is 29.3. The lowest BCUT2D eigenvalue weighted by molar-refractivity contribution is -0.412. The molecule has 4 unspecified atom stereocenters. The predicted octanol–water partition coefficient (Wildman–Crippen LogP) is 10.7. The van der Waals surface area contributed by atoms with E-state index in [-0.39, 0.29) is 13.2 Å². The van der Waals surface area contributed by atoms with E-state index in [1.165, 1.54) is 0 Å². The van der Waals surface area contributed by atoms with Crippen LogP contribution in [-0.2, 0) is 42.6 Å². The zero-order valence-corrected chi connectivity index (χ0v) is 31.3. The van der Waals surface area contributed by atoms with Crippen LogP contribution in [0.1, 0.15) is 163 Å². The first-order chi connectivity index (χ1) is 22.7. The Morgan fingerprint density at radius 1 is 0.596 bits per heavy atom. The van der Waals surface area contributed by atoms with Crippen molar-refractivity contribution in [1.82, 2.24) is 0 Å². The van der Waals surface area contributed by atoms with Crippen LogP contribution < -0.4 is 0 Å². The summed E-state index contributed by atoms with van der Waals surface area (Å²) in [7, 11) is -0.593. The van der Waals surface area contributed by atoms with E-state index in [9.17, 15) is 14.2 Å². The number of hydrogen-bond acceptors (Lipinski definition) is 9. The normalized spacial score (nSPS) is 15.3. The average molecular weight is 687 g/mol. The van der Waals surface area contributed by atoms with E-state index in [0.29, 0.717) is 25.7 Å². The molecule has 4 atom stereocenters. The molecule has 0 amide bonds. The Balaban J connectivity index is 6.68. The standard InChI is InChI=1S/C37H67O9P/c1-8-14-18-22-26-30-41-36(7,45-34(43-32(38)12-5)28-24-20-16-10-3)37(47-40,42-31-27-23-19-15-9-2)46-35(44-33(39)13-6)29-25-21-17-11-4/h12-13,34-35H,5-6,8-11,14-31H2,1-4,7H3. The average Bonchev–Trinajstić information content (AvgIpc) is 3.07. The van der Waals surface area contributed by atoms with Crippen LogP contribution in [0.3, 0.4) is 0 Å². The van der Waals surface area contributed by atoms with Gasteiger partial charge in [-0.1, -0.05) is 131 Å². The molecule has 0 rings (SSSR count). The van der Waals surface area contributed by atoms with Crippen molar-refractivity contribution < 1.29 is 42.6 Å². The summed E-state index contributed by atoms with van der Waals surface area (Å²) < 4.78 is 50.5. The molecule has 0 saturated heterocycles. The van der Waals surface area contributed by atoms with Crippen molar-refractivity contribution >= 4 is 20.4 Å². The Kier molecular flexibility index (Phi) is 28.3. The van der Waals surface area contributed by atoms with Crippen LogP contribution in [0.5, 0.6) is 0 Å². The van der Waals surface area contributed by atoms with Crippen LogP contribution in [0, 0.1) is 0 Å². The minimum Gasteiger partial charge on any atom is -0.432 e. The number of carbonyl (C=O) groups is 2. The highest BCUT2D eigenvalue weighted by atomic mass is 31.1. The zero-order chi connectivity index (χ0) is 35.2. The van der Waals surface area contributed by atoms with Gasteiger partial charge in [0.1, 0.15) is 0 Å². The summed E-state index contributed by atoms with van der Waals surface area (Å²) in [5.74, 6) is -3.15. The summed E-state index contributed by atoms with van der Waals surface area (Å²) in [6, 6.07) is 0. The van der Waals surface area contributed by atoms with Gasteiger partial charge >= 0.3 is 17.5 Å². The maximum absolute atomic E-state index is 13.4. The summed E-state index contributed by atoms with van der Waals surface area (Å²) in [6.45, 7) is 17.7. The predicted molar refractivity (Wildman–Crippen MR) is 188 cm³/mol. The van der Waals surface area contributed by atoms with E-state index >= 15 is 0 Å². The molecule has 0 saturated carbocycles. The number of rotatable bonds is 34. The molecule has 0 fully saturated rings. The van der Waals surface area contributed by atoms with Crippen LogP contribution in [0.2, 0.25) is 0 Å². The molecule has 0 spiro atoms. The molecule has 47 heavy (non-hydrogen) atoms. The van der Waals surface area contributed by atoms with Crippen LogP contribution in [0.4, 0.5) is 0 Å². The lowest BCUT2D eigenvalue weighted by Gasteiger charge is -2.44. The molecule has 0 bridgehead atoms. The maximum Gasteiger partial charge on any atom is 0.332 e. The highest BCUT2D eigenvalue weighted by Crippen LogP contribution is 2.44. The van der Waals surface area contributed by atoms with Crippen LogP contribution in [0.25, 0.3) is 0 Å². The maximum atomic E-state index is 13.4. The van der Waals surface area contributed by atoms with E-state index in [2.05, 4.69) is 40.9 Å². The van der Waals surface area contributed by atoms with Gasteiger partial charge in [-0.05, 0) is 32.6 Å². The Labute approximate surface area is 288 Å². The first kappa shape index (κ1) is 45.4. The summed E-state index contributed by atoms with van der Waals surface area (Å²) in [5, 5.41) is 0. The quantitative estimate of drug-likeness (QED) is 0.0215. The summed E-state index contributed by atoms with van der Waals surface area (Å²) in [4.78, 5) is 24.8. The summed E-state index contributed by atoms with van der Waals surface area (Å²) in [5.41, 5.74) is -2.06. The number of unbranched alkanes of at least 4 members (excludes halogenated alkanes) is 14. The Morgan fingerprint density at radius 2 is 0.979 bits per heavy atom. The van der Waals surface area contributed by atoms with Gasteiger partial charge in [0.05, 0.1) is 13.2 Å². The van der Waals surface area contributed by atoms with Gasteiger partial charge in [0, 0.05) is 25.0 Å². The van der Waals surface area contributed by atoms with Gasteiger partial charge in [0.25, 0.3) is 0 Å². The van der Waals surface area contributed by atoms with Gasteiger partial charge < -0.3 is 23.7 Å². The molecule has 0 aliphatic carbocycles. The van der Waals surface area contributed by atoms with E-state index in [1.807, 2.05) is 0 Å². The summed E-state index contributed by atoms with van der Waals surface area (Å²) in [6.07, 6.45) is 17.9. The van der Waals surface area contributed by atoms with Crippen molar-refractivity contribution in [2.24, 2.45) is 0 Å². The molecule has 0 aliphatic heterocycles. The van der Waals surface area contributed by atoms with Gasteiger partial charge in [-0.25, -0.2) is 9.59 Å². The Hall–Kier alpha value is -1.64. The molecular formula is C37H67O9P. The molecule has 0 aliphatic rings. The summed E-state index contributed by atoms with van der Waals surface area (Å²) >= 11 is 0.